The molecule has 0 bridgehead atoms. The Kier molecular flexibility index (Phi) is 9.79. The zero-order valence-corrected chi connectivity index (χ0v) is 21.3. The maximum atomic E-state index is 13.3. The second-order valence-electron chi connectivity index (χ2n) is 8.79. The normalized spacial score (nSPS) is 15.0. The molecule has 178 valence electrons. The standard InChI is InChI=1S/C27H35BrN2O3/c1-3-25(27(32)29-22-12-8-5-9-13-22)30(17-16-21-10-6-4-7-11-21)26(31)19-33-23-14-15-24(28)20(2)18-23/h4,6-7,10-11,14-15,18,22,25H,3,5,8-9,12-13,16-17,19H2,1-2H3,(H,29,32). The molecule has 1 fully saturated rings. The number of aryl methyl sites for hydroxylation is 1. The molecule has 2 amide bonds. The monoisotopic (exact) mass is 514 g/mol. The molecule has 0 saturated heterocycles. The van der Waals surface area contributed by atoms with Gasteiger partial charge in [-0.1, -0.05) is 72.4 Å². The van der Waals surface area contributed by atoms with E-state index in [2.05, 4.69) is 21.2 Å². The van der Waals surface area contributed by atoms with Gasteiger partial charge in [-0.25, -0.2) is 0 Å². The fourth-order valence-electron chi connectivity index (χ4n) is 4.38. The number of nitrogens with zero attached hydrogens (tertiary/aromatic N) is 1. The molecule has 0 aliphatic heterocycles. The highest BCUT2D eigenvalue weighted by Crippen LogP contribution is 2.22. The second kappa shape index (κ2) is 12.8. The molecule has 1 aliphatic carbocycles. The predicted molar refractivity (Wildman–Crippen MR) is 135 cm³/mol. The third-order valence-electron chi connectivity index (χ3n) is 6.31. The number of carbonyl (C=O) groups is 2. The predicted octanol–water partition coefficient (Wildman–Crippen LogP) is 5.44. The van der Waals surface area contributed by atoms with Gasteiger partial charge >= 0.3 is 0 Å². The van der Waals surface area contributed by atoms with Crippen LogP contribution in [0.1, 0.15) is 56.6 Å². The molecule has 1 atom stereocenters. The summed E-state index contributed by atoms with van der Waals surface area (Å²) in [6.45, 7) is 4.33. The van der Waals surface area contributed by atoms with Gasteiger partial charge in [0.1, 0.15) is 11.8 Å². The Bertz CT molecular complexity index is 913. The lowest BCUT2D eigenvalue weighted by Crippen LogP contribution is -2.53. The number of halogens is 1. The van der Waals surface area contributed by atoms with Gasteiger partial charge < -0.3 is 15.0 Å². The number of ether oxygens (including phenoxy) is 1. The van der Waals surface area contributed by atoms with Crippen LogP contribution < -0.4 is 10.1 Å². The second-order valence-corrected chi connectivity index (χ2v) is 9.64. The molecule has 0 aromatic heterocycles. The van der Waals surface area contributed by atoms with Gasteiger partial charge in [0, 0.05) is 17.1 Å². The van der Waals surface area contributed by atoms with Gasteiger partial charge in [-0.3, -0.25) is 9.59 Å². The lowest BCUT2D eigenvalue weighted by molar-refractivity contribution is -0.142. The minimum absolute atomic E-state index is 0.0507. The van der Waals surface area contributed by atoms with Crippen LogP contribution in [-0.2, 0) is 16.0 Å². The highest BCUT2D eigenvalue weighted by molar-refractivity contribution is 9.10. The van der Waals surface area contributed by atoms with Gasteiger partial charge in [0.25, 0.3) is 5.91 Å². The maximum absolute atomic E-state index is 13.3. The molecular formula is C27H35BrN2O3. The summed E-state index contributed by atoms with van der Waals surface area (Å²) in [5.41, 5.74) is 2.18. The third-order valence-corrected chi connectivity index (χ3v) is 7.20. The van der Waals surface area contributed by atoms with Crippen LogP contribution in [0.4, 0.5) is 0 Å². The van der Waals surface area contributed by atoms with Crippen molar-refractivity contribution in [3.05, 3.63) is 64.1 Å². The topological polar surface area (TPSA) is 58.6 Å². The van der Waals surface area contributed by atoms with Gasteiger partial charge in [-0.05, 0) is 61.9 Å². The average molecular weight is 515 g/mol. The van der Waals surface area contributed by atoms with Gasteiger partial charge in [-0.2, -0.15) is 0 Å². The van der Waals surface area contributed by atoms with E-state index in [9.17, 15) is 9.59 Å². The van der Waals surface area contributed by atoms with E-state index in [0.29, 0.717) is 25.1 Å². The minimum Gasteiger partial charge on any atom is -0.484 e. The first-order valence-corrected chi connectivity index (χ1v) is 12.8. The van der Waals surface area contributed by atoms with Crippen molar-refractivity contribution in [2.45, 2.75) is 70.9 Å². The van der Waals surface area contributed by atoms with E-state index < -0.39 is 6.04 Å². The van der Waals surface area contributed by atoms with E-state index >= 15 is 0 Å². The lowest BCUT2D eigenvalue weighted by atomic mass is 9.95. The van der Waals surface area contributed by atoms with Gasteiger partial charge in [0.2, 0.25) is 5.91 Å². The highest BCUT2D eigenvalue weighted by atomic mass is 79.9. The molecule has 2 aromatic rings. The van der Waals surface area contributed by atoms with Crippen LogP contribution in [0.15, 0.2) is 53.0 Å². The number of hydrogen-bond acceptors (Lipinski definition) is 3. The van der Waals surface area contributed by atoms with Crippen LogP contribution in [0.3, 0.4) is 0 Å². The van der Waals surface area contributed by atoms with Crippen molar-refractivity contribution < 1.29 is 14.3 Å². The first-order chi connectivity index (χ1) is 16.0. The Hall–Kier alpha value is -2.34. The fourth-order valence-corrected chi connectivity index (χ4v) is 4.62. The van der Waals surface area contributed by atoms with Gasteiger partial charge in [-0.15, -0.1) is 0 Å². The summed E-state index contributed by atoms with van der Waals surface area (Å²) in [4.78, 5) is 28.2. The lowest BCUT2D eigenvalue weighted by Gasteiger charge is -2.32. The molecule has 0 heterocycles. The number of rotatable bonds is 10. The Morgan fingerprint density at radius 1 is 1.12 bits per heavy atom. The van der Waals surface area contributed by atoms with Crippen molar-refractivity contribution >= 4 is 27.7 Å². The smallest absolute Gasteiger partial charge is 0.261 e. The quantitative estimate of drug-likeness (QED) is 0.459. The average Bonchev–Trinajstić information content (AvgIpc) is 2.83. The van der Waals surface area contributed by atoms with E-state index in [0.717, 1.165) is 41.3 Å². The Morgan fingerprint density at radius 3 is 2.52 bits per heavy atom. The number of hydrogen-bond donors (Lipinski definition) is 1. The molecule has 1 N–H and O–H groups in total. The van der Waals surface area contributed by atoms with Crippen LogP contribution in [0, 0.1) is 6.92 Å². The van der Waals surface area contributed by atoms with Crippen molar-refractivity contribution in [1.82, 2.24) is 10.2 Å². The summed E-state index contributed by atoms with van der Waals surface area (Å²) in [6.07, 6.45) is 6.84. The van der Waals surface area contributed by atoms with Crippen molar-refractivity contribution in [2.24, 2.45) is 0 Å². The van der Waals surface area contributed by atoms with Gasteiger partial charge in [0.05, 0.1) is 0 Å². The van der Waals surface area contributed by atoms with Gasteiger partial charge in [0.15, 0.2) is 6.61 Å². The summed E-state index contributed by atoms with van der Waals surface area (Å²) >= 11 is 3.49. The van der Waals surface area contributed by atoms with Crippen LogP contribution in [0.5, 0.6) is 5.75 Å². The molecule has 33 heavy (non-hydrogen) atoms. The van der Waals surface area contributed by atoms with Crippen LogP contribution >= 0.6 is 15.9 Å². The van der Waals surface area contributed by atoms with Crippen LogP contribution in [-0.4, -0.2) is 41.9 Å². The number of nitrogens with one attached hydrogen (secondary N) is 1. The number of amides is 2. The van der Waals surface area contributed by atoms with Crippen molar-refractivity contribution in [2.75, 3.05) is 13.2 Å². The Balaban J connectivity index is 1.70. The van der Waals surface area contributed by atoms with E-state index in [1.54, 1.807) is 4.90 Å². The van der Waals surface area contributed by atoms with Crippen molar-refractivity contribution in [1.29, 1.82) is 0 Å². The zero-order valence-electron chi connectivity index (χ0n) is 19.7. The maximum Gasteiger partial charge on any atom is 0.261 e. The molecule has 1 unspecified atom stereocenters. The minimum atomic E-state index is -0.501. The van der Waals surface area contributed by atoms with Crippen molar-refractivity contribution in [3.8, 4) is 5.75 Å². The summed E-state index contributed by atoms with van der Waals surface area (Å²) in [5.74, 6) is 0.425. The van der Waals surface area contributed by atoms with Crippen LogP contribution in [0.2, 0.25) is 0 Å². The summed E-state index contributed by atoms with van der Waals surface area (Å²) < 4.78 is 6.81. The molecule has 6 heteroatoms. The summed E-state index contributed by atoms with van der Waals surface area (Å²) in [7, 11) is 0. The number of benzene rings is 2. The zero-order chi connectivity index (χ0) is 23.6. The molecule has 5 nitrogen and oxygen atoms in total. The summed E-state index contributed by atoms with van der Waals surface area (Å²) in [6, 6.07) is 15.4. The largest absolute Gasteiger partial charge is 0.484 e. The van der Waals surface area contributed by atoms with E-state index in [1.165, 1.54) is 6.42 Å². The Morgan fingerprint density at radius 2 is 1.85 bits per heavy atom. The molecule has 0 radical (unpaired) electrons. The Labute approximate surface area is 206 Å². The van der Waals surface area contributed by atoms with Crippen LogP contribution in [0.25, 0.3) is 0 Å². The molecule has 1 saturated carbocycles. The first-order valence-electron chi connectivity index (χ1n) is 12.0. The van der Waals surface area contributed by atoms with E-state index in [1.807, 2.05) is 62.4 Å². The summed E-state index contributed by atoms with van der Waals surface area (Å²) in [5, 5.41) is 3.21. The van der Waals surface area contributed by atoms with E-state index in [-0.39, 0.29) is 24.5 Å². The SMILES string of the molecule is CCC(C(=O)NC1CCCCC1)N(CCc1ccccc1)C(=O)COc1ccc(Br)c(C)c1. The molecular weight excluding hydrogens is 480 g/mol. The number of carbonyl (C=O) groups excluding carboxylic acids is 2. The molecule has 0 spiro atoms. The fraction of sp³-hybridized carbons (Fsp3) is 0.481. The van der Waals surface area contributed by atoms with E-state index in [4.69, 9.17) is 4.74 Å². The highest BCUT2D eigenvalue weighted by Gasteiger charge is 2.30. The molecule has 2 aromatic carbocycles. The first kappa shape index (κ1) is 25.3. The van der Waals surface area contributed by atoms with Crippen molar-refractivity contribution in [3.63, 3.8) is 0 Å². The third kappa shape index (κ3) is 7.60. The molecule has 1 aliphatic rings. The molecule has 3 rings (SSSR count).